The van der Waals surface area contributed by atoms with E-state index in [9.17, 15) is 0 Å². The van der Waals surface area contributed by atoms with Gasteiger partial charge in [0.15, 0.2) is 0 Å². The van der Waals surface area contributed by atoms with Crippen LogP contribution in [0.1, 0.15) is 71.1 Å². The van der Waals surface area contributed by atoms with Crippen molar-refractivity contribution >= 4 is 0 Å². The highest BCUT2D eigenvalue weighted by atomic mass is 14.9. The van der Waals surface area contributed by atoms with E-state index in [-0.39, 0.29) is 0 Å². The molecule has 2 fully saturated rings. The van der Waals surface area contributed by atoms with Gasteiger partial charge in [0.2, 0.25) is 0 Å². The Morgan fingerprint density at radius 2 is 1.53 bits per heavy atom. The number of rotatable bonds is 3. The second kappa shape index (κ2) is 5.34. The molecule has 0 saturated heterocycles. The average molecular weight is 209 g/mol. The number of hydrogen-bond donors (Lipinski definition) is 1. The summed E-state index contributed by atoms with van der Waals surface area (Å²) in [6, 6.07) is 0.836. The predicted octanol–water partition coefficient (Wildman–Crippen LogP) is 3.88. The van der Waals surface area contributed by atoms with Crippen LogP contribution < -0.4 is 5.32 Å². The van der Waals surface area contributed by atoms with Crippen LogP contribution in [0.3, 0.4) is 0 Å². The van der Waals surface area contributed by atoms with Gasteiger partial charge in [-0.15, -0.1) is 0 Å². The highest BCUT2D eigenvalue weighted by Crippen LogP contribution is 2.39. The molecule has 0 unspecified atom stereocenters. The van der Waals surface area contributed by atoms with Crippen LogP contribution in [0.5, 0.6) is 0 Å². The summed E-state index contributed by atoms with van der Waals surface area (Å²) < 4.78 is 0. The minimum Gasteiger partial charge on any atom is -0.313 e. The van der Waals surface area contributed by atoms with Crippen LogP contribution in [0.2, 0.25) is 0 Å². The van der Waals surface area contributed by atoms with Crippen LogP contribution in [-0.4, -0.2) is 12.6 Å². The molecule has 1 heteroatoms. The Bertz CT molecular complexity index is 176. The SMILES string of the molecule is CC1(CNC2CCCCCCC2)CCC1. The highest BCUT2D eigenvalue weighted by Gasteiger charge is 2.31. The molecule has 0 atom stereocenters. The molecule has 0 aromatic carbocycles. The number of hydrogen-bond acceptors (Lipinski definition) is 1. The summed E-state index contributed by atoms with van der Waals surface area (Å²) >= 11 is 0. The summed E-state index contributed by atoms with van der Waals surface area (Å²) in [6.07, 6.45) is 14.5. The molecule has 0 spiro atoms. The van der Waals surface area contributed by atoms with E-state index in [0.29, 0.717) is 5.41 Å². The Morgan fingerprint density at radius 3 is 2.07 bits per heavy atom. The van der Waals surface area contributed by atoms with E-state index in [1.165, 1.54) is 70.8 Å². The maximum Gasteiger partial charge on any atom is 0.00672 e. The molecule has 0 aliphatic heterocycles. The monoisotopic (exact) mass is 209 g/mol. The summed E-state index contributed by atoms with van der Waals surface area (Å²) in [5.74, 6) is 0. The Morgan fingerprint density at radius 1 is 0.933 bits per heavy atom. The van der Waals surface area contributed by atoms with Gasteiger partial charge < -0.3 is 5.32 Å². The van der Waals surface area contributed by atoms with E-state index in [0.717, 1.165) is 6.04 Å². The minimum atomic E-state index is 0.655. The molecule has 2 aliphatic rings. The Labute approximate surface area is 95.0 Å². The van der Waals surface area contributed by atoms with E-state index in [2.05, 4.69) is 12.2 Å². The van der Waals surface area contributed by atoms with Crippen molar-refractivity contribution in [3.05, 3.63) is 0 Å². The van der Waals surface area contributed by atoms with Crippen LogP contribution >= 0.6 is 0 Å². The summed E-state index contributed by atoms with van der Waals surface area (Å²) in [5, 5.41) is 3.83. The van der Waals surface area contributed by atoms with Crippen molar-refractivity contribution in [2.45, 2.75) is 77.2 Å². The number of nitrogens with one attached hydrogen (secondary N) is 1. The largest absolute Gasteiger partial charge is 0.313 e. The standard InChI is InChI=1S/C14H27N/c1-14(10-7-11-14)12-15-13-8-5-3-2-4-6-9-13/h13,15H,2-12H2,1H3. The van der Waals surface area contributed by atoms with Gasteiger partial charge in [-0.3, -0.25) is 0 Å². The molecular weight excluding hydrogens is 182 g/mol. The van der Waals surface area contributed by atoms with Gasteiger partial charge in [0.1, 0.15) is 0 Å². The molecule has 2 rings (SSSR count). The maximum absolute atomic E-state index is 3.83. The third kappa shape index (κ3) is 3.48. The maximum atomic E-state index is 3.83. The van der Waals surface area contributed by atoms with Crippen LogP contribution in [0.25, 0.3) is 0 Å². The normalized spacial score (nSPS) is 27.8. The second-order valence-electron chi connectivity index (χ2n) is 6.09. The Balaban J connectivity index is 1.67. The zero-order valence-electron chi connectivity index (χ0n) is 10.4. The van der Waals surface area contributed by atoms with Crippen molar-refractivity contribution in [3.8, 4) is 0 Å². The second-order valence-corrected chi connectivity index (χ2v) is 6.09. The molecular formula is C14H27N. The molecule has 0 heterocycles. The first-order valence-electron chi connectivity index (χ1n) is 7.02. The fourth-order valence-corrected chi connectivity index (χ4v) is 3.01. The summed E-state index contributed by atoms with van der Waals surface area (Å²) in [7, 11) is 0. The van der Waals surface area contributed by atoms with E-state index in [4.69, 9.17) is 0 Å². The van der Waals surface area contributed by atoms with E-state index in [1.807, 2.05) is 0 Å². The van der Waals surface area contributed by atoms with Gasteiger partial charge in [-0.2, -0.15) is 0 Å². The summed E-state index contributed by atoms with van der Waals surface area (Å²) in [6.45, 7) is 3.73. The molecule has 0 aromatic rings. The minimum absolute atomic E-state index is 0.655. The van der Waals surface area contributed by atoms with Gasteiger partial charge >= 0.3 is 0 Å². The van der Waals surface area contributed by atoms with Crippen molar-refractivity contribution in [2.24, 2.45) is 5.41 Å². The first-order chi connectivity index (χ1) is 7.29. The predicted molar refractivity (Wildman–Crippen MR) is 66.1 cm³/mol. The molecule has 0 amide bonds. The van der Waals surface area contributed by atoms with Gasteiger partial charge in [0.05, 0.1) is 0 Å². The smallest absolute Gasteiger partial charge is 0.00672 e. The quantitative estimate of drug-likeness (QED) is 0.744. The van der Waals surface area contributed by atoms with Gasteiger partial charge in [-0.05, 0) is 31.1 Å². The van der Waals surface area contributed by atoms with Gasteiger partial charge in [-0.1, -0.05) is 45.4 Å². The third-order valence-corrected chi connectivity index (χ3v) is 4.48. The van der Waals surface area contributed by atoms with Crippen LogP contribution in [-0.2, 0) is 0 Å². The highest BCUT2D eigenvalue weighted by molar-refractivity contribution is 4.86. The van der Waals surface area contributed by atoms with Crippen molar-refractivity contribution in [1.82, 2.24) is 5.32 Å². The van der Waals surface area contributed by atoms with E-state index >= 15 is 0 Å². The molecule has 15 heavy (non-hydrogen) atoms. The van der Waals surface area contributed by atoms with E-state index in [1.54, 1.807) is 0 Å². The lowest BCUT2D eigenvalue weighted by Crippen LogP contribution is -2.42. The lowest BCUT2D eigenvalue weighted by molar-refractivity contribution is 0.147. The van der Waals surface area contributed by atoms with Gasteiger partial charge in [0, 0.05) is 12.6 Å². The molecule has 1 nitrogen and oxygen atoms in total. The molecule has 1 N–H and O–H groups in total. The third-order valence-electron chi connectivity index (χ3n) is 4.48. The van der Waals surface area contributed by atoms with Crippen molar-refractivity contribution in [1.29, 1.82) is 0 Å². The van der Waals surface area contributed by atoms with Crippen molar-refractivity contribution in [2.75, 3.05) is 6.54 Å². The van der Waals surface area contributed by atoms with Gasteiger partial charge in [0.25, 0.3) is 0 Å². The molecule has 0 radical (unpaired) electrons. The fourth-order valence-electron chi connectivity index (χ4n) is 3.01. The van der Waals surface area contributed by atoms with Crippen LogP contribution in [0, 0.1) is 5.41 Å². The van der Waals surface area contributed by atoms with E-state index < -0.39 is 0 Å². The molecule has 0 aromatic heterocycles. The molecule has 0 bridgehead atoms. The van der Waals surface area contributed by atoms with Crippen molar-refractivity contribution < 1.29 is 0 Å². The Kier molecular flexibility index (Phi) is 4.07. The Hall–Kier alpha value is -0.0400. The summed E-state index contributed by atoms with van der Waals surface area (Å²) in [5.41, 5.74) is 0.655. The summed E-state index contributed by atoms with van der Waals surface area (Å²) in [4.78, 5) is 0. The van der Waals surface area contributed by atoms with Crippen LogP contribution in [0.15, 0.2) is 0 Å². The average Bonchev–Trinajstić information content (AvgIpc) is 2.13. The molecule has 88 valence electrons. The first-order valence-corrected chi connectivity index (χ1v) is 7.02. The lowest BCUT2D eigenvalue weighted by atomic mass is 9.70. The molecule has 2 saturated carbocycles. The van der Waals surface area contributed by atoms with Crippen LogP contribution in [0.4, 0.5) is 0 Å². The van der Waals surface area contributed by atoms with Gasteiger partial charge in [-0.25, -0.2) is 0 Å². The first kappa shape index (κ1) is 11.4. The molecule has 2 aliphatic carbocycles. The topological polar surface area (TPSA) is 12.0 Å². The lowest BCUT2D eigenvalue weighted by Gasteiger charge is -2.40. The zero-order chi connectivity index (χ0) is 10.6. The van der Waals surface area contributed by atoms with Crippen molar-refractivity contribution in [3.63, 3.8) is 0 Å². The zero-order valence-corrected chi connectivity index (χ0v) is 10.4. The fraction of sp³-hybridized carbons (Fsp3) is 1.00.